The lowest BCUT2D eigenvalue weighted by atomic mass is 10.1. The number of nitrogens with zero attached hydrogens (tertiary/aromatic N) is 7. The number of tetrazole rings is 1. The van der Waals surface area contributed by atoms with Crippen molar-refractivity contribution in [1.29, 1.82) is 0 Å². The molecule has 0 fully saturated rings. The molecule has 0 aliphatic carbocycles. The number of hydrogen-bond acceptors (Lipinski definition) is 6. The van der Waals surface area contributed by atoms with Crippen LogP contribution in [-0.2, 0) is 6.54 Å². The van der Waals surface area contributed by atoms with Crippen LogP contribution in [0.4, 0.5) is 5.69 Å². The average Bonchev–Trinajstić information content (AvgIpc) is 3.49. The van der Waals surface area contributed by atoms with E-state index in [1.54, 1.807) is 15.6 Å². The van der Waals surface area contributed by atoms with E-state index in [0.29, 0.717) is 28.8 Å². The van der Waals surface area contributed by atoms with E-state index in [-0.39, 0.29) is 5.91 Å². The van der Waals surface area contributed by atoms with Crippen LogP contribution in [0.3, 0.4) is 0 Å². The van der Waals surface area contributed by atoms with Crippen LogP contribution < -0.4 is 5.32 Å². The molecule has 9 heteroatoms. The highest BCUT2D eigenvalue weighted by atomic mass is 16.1. The Kier molecular flexibility index (Phi) is 4.91. The molecule has 1 amide bonds. The maximum atomic E-state index is 13.3. The summed E-state index contributed by atoms with van der Waals surface area (Å²) in [5.41, 5.74) is 5.32. The van der Waals surface area contributed by atoms with Gasteiger partial charge < -0.3 is 5.32 Å². The fourth-order valence-electron chi connectivity index (χ4n) is 3.68. The number of fused-ring (bicyclic) bond motifs is 1. The summed E-state index contributed by atoms with van der Waals surface area (Å²) in [4.78, 5) is 18.1. The Balaban J connectivity index is 1.53. The van der Waals surface area contributed by atoms with Crippen molar-refractivity contribution in [3.8, 4) is 16.9 Å². The van der Waals surface area contributed by atoms with Gasteiger partial charge in [0, 0.05) is 17.8 Å². The Bertz CT molecular complexity index is 1410. The lowest BCUT2D eigenvalue weighted by Crippen LogP contribution is -2.13. The van der Waals surface area contributed by atoms with Gasteiger partial charge in [-0.1, -0.05) is 30.3 Å². The van der Waals surface area contributed by atoms with Crippen molar-refractivity contribution < 1.29 is 4.79 Å². The number of carbonyl (C=O) groups excluding carboxylic acids is 1. The topological polar surface area (TPSA) is 103 Å². The summed E-state index contributed by atoms with van der Waals surface area (Å²) >= 11 is 0. The molecule has 2 aromatic carbocycles. The van der Waals surface area contributed by atoms with Crippen LogP contribution in [0.25, 0.3) is 28.0 Å². The number of aryl methyl sites for hydroxylation is 2. The van der Waals surface area contributed by atoms with E-state index < -0.39 is 0 Å². The van der Waals surface area contributed by atoms with E-state index in [4.69, 9.17) is 4.98 Å². The Morgan fingerprint density at radius 3 is 2.66 bits per heavy atom. The van der Waals surface area contributed by atoms with Crippen LogP contribution in [0.2, 0.25) is 0 Å². The summed E-state index contributed by atoms with van der Waals surface area (Å²) in [6.45, 7) is 4.60. The van der Waals surface area contributed by atoms with Gasteiger partial charge in [0.05, 0.1) is 28.5 Å². The Morgan fingerprint density at radius 1 is 1.09 bits per heavy atom. The summed E-state index contributed by atoms with van der Waals surface area (Å²) < 4.78 is 3.38. The standard InChI is InChI=1S/C23H20N8O/c1-3-30-22-19(13-25-30)18(12-20(27-22)16-7-5-4-6-8-16)23(32)26-17-9-10-21(15(2)11-17)31-14-24-28-29-31/h4-14H,3H2,1-2H3,(H,26,32). The second-order valence-corrected chi connectivity index (χ2v) is 7.33. The minimum absolute atomic E-state index is 0.222. The maximum Gasteiger partial charge on any atom is 0.256 e. The summed E-state index contributed by atoms with van der Waals surface area (Å²) in [6.07, 6.45) is 3.23. The fourth-order valence-corrected chi connectivity index (χ4v) is 3.68. The third-order valence-electron chi connectivity index (χ3n) is 5.27. The van der Waals surface area contributed by atoms with Crippen molar-refractivity contribution in [2.75, 3.05) is 5.32 Å². The van der Waals surface area contributed by atoms with Gasteiger partial charge >= 0.3 is 0 Å². The predicted octanol–water partition coefficient (Wildman–Crippen LogP) is 3.65. The zero-order valence-electron chi connectivity index (χ0n) is 17.6. The van der Waals surface area contributed by atoms with Gasteiger partial charge in [0.2, 0.25) is 0 Å². The first kappa shape index (κ1) is 19.6. The van der Waals surface area contributed by atoms with E-state index >= 15 is 0 Å². The van der Waals surface area contributed by atoms with Crippen molar-refractivity contribution in [2.45, 2.75) is 20.4 Å². The van der Waals surface area contributed by atoms with Crippen molar-refractivity contribution in [3.63, 3.8) is 0 Å². The number of hydrogen-bond donors (Lipinski definition) is 1. The molecule has 0 unspecified atom stereocenters. The molecule has 158 valence electrons. The molecule has 5 rings (SSSR count). The molecule has 0 bridgehead atoms. The van der Waals surface area contributed by atoms with Crippen LogP contribution in [0.5, 0.6) is 0 Å². The molecule has 0 aliphatic rings. The van der Waals surface area contributed by atoms with Gasteiger partial charge in [-0.2, -0.15) is 5.10 Å². The molecule has 0 spiro atoms. The number of amides is 1. The van der Waals surface area contributed by atoms with Crippen molar-refractivity contribution in [2.24, 2.45) is 0 Å². The van der Waals surface area contributed by atoms with Crippen LogP contribution >= 0.6 is 0 Å². The van der Waals surface area contributed by atoms with Gasteiger partial charge in [-0.3, -0.25) is 4.79 Å². The first-order valence-electron chi connectivity index (χ1n) is 10.2. The summed E-state index contributed by atoms with van der Waals surface area (Å²) in [7, 11) is 0. The number of rotatable bonds is 5. The molecule has 1 N–H and O–H groups in total. The molecule has 0 saturated carbocycles. The normalized spacial score (nSPS) is 11.1. The van der Waals surface area contributed by atoms with E-state index in [0.717, 1.165) is 22.5 Å². The summed E-state index contributed by atoms with van der Waals surface area (Å²) in [5.74, 6) is -0.222. The second-order valence-electron chi connectivity index (χ2n) is 7.33. The molecule has 0 saturated heterocycles. The molecule has 3 heterocycles. The minimum atomic E-state index is -0.222. The van der Waals surface area contributed by atoms with Gasteiger partial charge in [0.15, 0.2) is 5.65 Å². The SMILES string of the molecule is CCn1ncc2c(C(=O)Nc3ccc(-n4cnnn4)c(C)c3)cc(-c3ccccc3)nc21. The Morgan fingerprint density at radius 2 is 1.94 bits per heavy atom. The van der Waals surface area contributed by atoms with Crippen molar-refractivity contribution in [1.82, 2.24) is 35.0 Å². The van der Waals surface area contributed by atoms with Crippen molar-refractivity contribution >= 4 is 22.6 Å². The predicted molar refractivity (Wildman–Crippen MR) is 120 cm³/mol. The molecule has 5 aromatic rings. The van der Waals surface area contributed by atoms with Gasteiger partial charge in [0.25, 0.3) is 5.91 Å². The van der Waals surface area contributed by atoms with Gasteiger partial charge in [0.1, 0.15) is 6.33 Å². The molecule has 0 atom stereocenters. The van der Waals surface area contributed by atoms with Crippen LogP contribution in [0.1, 0.15) is 22.8 Å². The zero-order chi connectivity index (χ0) is 22.1. The Hall–Kier alpha value is -4.40. The molecular weight excluding hydrogens is 404 g/mol. The highest BCUT2D eigenvalue weighted by Gasteiger charge is 2.18. The van der Waals surface area contributed by atoms with Gasteiger partial charge in [-0.05, 0) is 54.1 Å². The van der Waals surface area contributed by atoms with Crippen molar-refractivity contribution in [3.05, 3.63) is 78.2 Å². The first-order valence-corrected chi connectivity index (χ1v) is 10.2. The van der Waals surface area contributed by atoms with Crippen LogP contribution in [-0.4, -0.2) is 40.9 Å². The average molecular weight is 424 g/mol. The third kappa shape index (κ3) is 3.49. The number of pyridine rings is 1. The van der Waals surface area contributed by atoms with Gasteiger partial charge in [-0.25, -0.2) is 14.3 Å². The number of nitrogens with one attached hydrogen (secondary N) is 1. The van der Waals surface area contributed by atoms with E-state index in [9.17, 15) is 4.79 Å². The third-order valence-corrected chi connectivity index (χ3v) is 5.27. The lowest BCUT2D eigenvalue weighted by molar-refractivity contribution is 0.102. The smallest absolute Gasteiger partial charge is 0.256 e. The minimum Gasteiger partial charge on any atom is -0.322 e. The maximum absolute atomic E-state index is 13.3. The number of aromatic nitrogens is 7. The highest BCUT2D eigenvalue weighted by Crippen LogP contribution is 2.26. The van der Waals surface area contributed by atoms with Gasteiger partial charge in [-0.15, -0.1) is 5.10 Å². The zero-order valence-corrected chi connectivity index (χ0v) is 17.6. The summed E-state index contributed by atoms with van der Waals surface area (Å²) in [6, 6.07) is 17.2. The molecule has 32 heavy (non-hydrogen) atoms. The monoisotopic (exact) mass is 424 g/mol. The molecule has 0 aliphatic heterocycles. The first-order chi connectivity index (χ1) is 15.6. The van der Waals surface area contributed by atoms with E-state index in [1.165, 1.54) is 6.33 Å². The highest BCUT2D eigenvalue weighted by molar-refractivity contribution is 6.12. The molecule has 3 aromatic heterocycles. The van der Waals surface area contributed by atoms with Crippen LogP contribution in [0, 0.1) is 6.92 Å². The molecule has 0 radical (unpaired) electrons. The van der Waals surface area contributed by atoms with E-state index in [2.05, 4.69) is 25.9 Å². The lowest BCUT2D eigenvalue weighted by Gasteiger charge is -2.11. The molecule has 9 nitrogen and oxygen atoms in total. The largest absolute Gasteiger partial charge is 0.322 e. The Labute approximate surface area is 183 Å². The number of benzene rings is 2. The number of carbonyl (C=O) groups is 1. The number of anilines is 1. The van der Waals surface area contributed by atoms with Crippen LogP contribution in [0.15, 0.2) is 67.1 Å². The molecular formula is C23H20N8O. The van der Waals surface area contributed by atoms with E-state index in [1.807, 2.05) is 68.4 Å². The summed E-state index contributed by atoms with van der Waals surface area (Å²) in [5, 5.41) is 19.4. The fraction of sp³-hybridized carbons (Fsp3) is 0.130. The second kappa shape index (κ2) is 8.03. The quantitative estimate of drug-likeness (QED) is 0.462.